The number of hydrogen-bond acceptors (Lipinski definition) is 2. The summed E-state index contributed by atoms with van der Waals surface area (Å²) >= 11 is 0. The average Bonchev–Trinajstić information content (AvgIpc) is 2.69. The highest BCUT2D eigenvalue weighted by Crippen LogP contribution is 2.28. The summed E-state index contributed by atoms with van der Waals surface area (Å²) in [5, 5.41) is 0. The van der Waals surface area contributed by atoms with Crippen molar-refractivity contribution < 1.29 is 0 Å². The van der Waals surface area contributed by atoms with E-state index >= 15 is 0 Å². The van der Waals surface area contributed by atoms with E-state index in [-0.39, 0.29) is 0 Å². The van der Waals surface area contributed by atoms with Crippen molar-refractivity contribution in [3.63, 3.8) is 0 Å². The first-order chi connectivity index (χ1) is 12.3. The Morgan fingerprint density at radius 2 is 1.24 bits per heavy atom. The molecule has 2 heterocycles. The fraction of sp³-hybridized carbons (Fsp3) is 0.0435. The number of aromatic nitrogens is 2. The van der Waals surface area contributed by atoms with Crippen LogP contribution in [-0.4, -0.2) is 9.97 Å². The molecular weight excluding hydrogens is 304 g/mol. The van der Waals surface area contributed by atoms with E-state index in [9.17, 15) is 0 Å². The van der Waals surface area contributed by atoms with Crippen LogP contribution in [-0.2, 0) is 0 Å². The highest BCUT2D eigenvalue weighted by molar-refractivity contribution is 5.72. The molecule has 120 valence electrons. The zero-order valence-electron chi connectivity index (χ0n) is 14.1. The number of aryl methyl sites for hydroxylation is 1. The van der Waals surface area contributed by atoms with Crippen molar-refractivity contribution in [2.75, 3.05) is 0 Å². The molecule has 0 unspecified atom stereocenters. The largest absolute Gasteiger partial charge is 0.256 e. The van der Waals surface area contributed by atoms with Crippen LogP contribution in [0, 0.1) is 6.92 Å². The monoisotopic (exact) mass is 322 g/mol. The molecule has 0 aliphatic carbocycles. The Morgan fingerprint density at radius 1 is 0.600 bits per heavy atom. The van der Waals surface area contributed by atoms with E-state index in [1.54, 1.807) is 0 Å². The van der Waals surface area contributed by atoms with Gasteiger partial charge in [-0.15, -0.1) is 0 Å². The zero-order chi connectivity index (χ0) is 17.1. The van der Waals surface area contributed by atoms with Gasteiger partial charge in [-0.1, -0.05) is 60.7 Å². The second kappa shape index (κ2) is 6.70. The first-order valence-electron chi connectivity index (χ1n) is 8.35. The minimum Gasteiger partial charge on any atom is -0.256 e. The molecule has 25 heavy (non-hydrogen) atoms. The third kappa shape index (κ3) is 3.20. The Labute approximate surface area is 147 Å². The van der Waals surface area contributed by atoms with Crippen LogP contribution >= 0.6 is 0 Å². The maximum Gasteiger partial charge on any atom is 0.0708 e. The normalized spacial score (nSPS) is 10.6. The van der Waals surface area contributed by atoms with Crippen LogP contribution in [0.2, 0.25) is 0 Å². The summed E-state index contributed by atoms with van der Waals surface area (Å²) in [5.74, 6) is 0. The lowest BCUT2D eigenvalue weighted by Gasteiger charge is -2.09. The van der Waals surface area contributed by atoms with Gasteiger partial charge in [-0.25, -0.2) is 0 Å². The molecule has 0 aliphatic rings. The lowest BCUT2D eigenvalue weighted by molar-refractivity contribution is 1.27. The fourth-order valence-electron chi connectivity index (χ4n) is 2.99. The number of hydrogen-bond donors (Lipinski definition) is 0. The van der Waals surface area contributed by atoms with Crippen molar-refractivity contribution in [2.24, 2.45) is 0 Å². The number of benzene rings is 2. The van der Waals surface area contributed by atoms with Gasteiger partial charge in [0, 0.05) is 29.1 Å². The van der Waals surface area contributed by atoms with Gasteiger partial charge in [-0.3, -0.25) is 9.97 Å². The minimum absolute atomic E-state index is 0.963. The summed E-state index contributed by atoms with van der Waals surface area (Å²) in [5.41, 5.74) is 7.70. The molecular formula is C23H18N2. The lowest BCUT2D eigenvalue weighted by Crippen LogP contribution is -1.91. The number of nitrogens with zero attached hydrogens (tertiary/aromatic N) is 2. The lowest BCUT2D eigenvalue weighted by atomic mass is 10.0. The molecule has 4 aromatic rings. The van der Waals surface area contributed by atoms with Gasteiger partial charge in [0.25, 0.3) is 0 Å². The van der Waals surface area contributed by atoms with Crippen LogP contribution in [0.3, 0.4) is 0 Å². The van der Waals surface area contributed by atoms with Crippen LogP contribution in [0.5, 0.6) is 0 Å². The summed E-state index contributed by atoms with van der Waals surface area (Å²) in [4.78, 5) is 9.19. The van der Waals surface area contributed by atoms with Crippen molar-refractivity contribution in [3.8, 4) is 33.6 Å². The van der Waals surface area contributed by atoms with E-state index in [2.05, 4.69) is 60.4 Å². The van der Waals surface area contributed by atoms with Crippen molar-refractivity contribution >= 4 is 0 Å². The summed E-state index contributed by atoms with van der Waals surface area (Å²) in [6.45, 7) is 2.13. The molecule has 2 aromatic carbocycles. The van der Waals surface area contributed by atoms with Gasteiger partial charge in [0.2, 0.25) is 0 Å². The SMILES string of the molecule is Cc1cc(-c2ccnc(-c3ccccc3)c2)ncc1-c1ccccc1. The topological polar surface area (TPSA) is 25.8 Å². The molecule has 2 heteroatoms. The molecule has 0 aliphatic heterocycles. The van der Waals surface area contributed by atoms with Crippen LogP contribution in [0.15, 0.2) is 91.3 Å². The molecule has 0 atom stereocenters. The van der Waals surface area contributed by atoms with Crippen molar-refractivity contribution in [1.29, 1.82) is 0 Å². The Bertz CT molecular complexity index is 993. The van der Waals surface area contributed by atoms with Gasteiger partial charge in [-0.2, -0.15) is 0 Å². The zero-order valence-corrected chi connectivity index (χ0v) is 14.1. The molecule has 0 saturated carbocycles. The van der Waals surface area contributed by atoms with Gasteiger partial charge in [0.15, 0.2) is 0 Å². The third-order valence-electron chi connectivity index (χ3n) is 4.32. The smallest absolute Gasteiger partial charge is 0.0708 e. The van der Waals surface area contributed by atoms with Gasteiger partial charge in [0.1, 0.15) is 0 Å². The van der Waals surface area contributed by atoms with E-state index < -0.39 is 0 Å². The van der Waals surface area contributed by atoms with Crippen LogP contribution in [0.25, 0.3) is 33.6 Å². The standard InChI is InChI=1S/C23H18N2/c1-17-14-22(25-16-21(17)18-8-4-2-5-9-18)20-12-13-24-23(15-20)19-10-6-3-7-11-19/h2-16H,1H3. The van der Waals surface area contributed by atoms with E-state index in [1.165, 1.54) is 16.7 Å². The molecule has 2 nitrogen and oxygen atoms in total. The predicted octanol–water partition coefficient (Wildman–Crippen LogP) is 5.79. The predicted molar refractivity (Wildman–Crippen MR) is 103 cm³/mol. The van der Waals surface area contributed by atoms with Crippen LogP contribution < -0.4 is 0 Å². The Balaban J connectivity index is 1.72. The highest BCUT2D eigenvalue weighted by atomic mass is 14.7. The van der Waals surface area contributed by atoms with Crippen LogP contribution in [0.4, 0.5) is 0 Å². The first kappa shape index (κ1) is 15.3. The van der Waals surface area contributed by atoms with Gasteiger partial charge in [0.05, 0.1) is 11.4 Å². The van der Waals surface area contributed by atoms with Gasteiger partial charge in [-0.05, 0) is 36.2 Å². The van der Waals surface area contributed by atoms with Crippen molar-refractivity contribution in [2.45, 2.75) is 6.92 Å². The Morgan fingerprint density at radius 3 is 1.92 bits per heavy atom. The molecule has 0 spiro atoms. The van der Waals surface area contributed by atoms with Crippen molar-refractivity contribution in [1.82, 2.24) is 9.97 Å². The highest BCUT2D eigenvalue weighted by Gasteiger charge is 2.07. The van der Waals surface area contributed by atoms with E-state index in [0.29, 0.717) is 0 Å². The maximum absolute atomic E-state index is 4.69. The summed E-state index contributed by atoms with van der Waals surface area (Å²) in [7, 11) is 0. The second-order valence-electron chi connectivity index (χ2n) is 6.05. The Hall–Kier alpha value is -3.26. The second-order valence-corrected chi connectivity index (χ2v) is 6.05. The quantitative estimate of drug-likeness (QED) is 0.477. The molecule has 0 radical (unpaired) electrons. The summed E-state index contributed by atoms with van der Waals surface area (Å²) in [6.07, 6.45) is 3.81. The fourth-order valence-corrected chi connectivity index (χ4v) is 2.99. The van der Waals surface area contributed by atoms with Crippen molar-refractivity contribution in [3.05, 3.63) is 96.8 Å². The van der Waals surface area contributed by atoms with E-state index in [1.807, 2.05) is 42.7 Å². The molecule has 0 fully saturated rings. The molecule has 2 aromatic heterocycles. The molecule has 0 amide bonds. The van der Waals surface area contributed by atoms with E-state index in [0.717, 1.165) is 22.5 Å². The molecule has 4 rings (SSSR count). The summed E-state index contributed by atoms with van der Waals surface area (Å²) < 4.78 is 0. The third-order valence-corrected chi connectivity index (χ3v) is 4.32. The molecule has 0 N–H and O–H groups in total. The van der Waals surface area contributed by atoms with Crippen LogP contribution in [0.1, 0.15) is 5.56 Å². The number of pyridine rings is 2. The van der Waals surface area contributed by atoms with Gasteiger partial charge < -0.3 is 0 Å². The Kier molecular flexibility index (Phi) is 4.09. The van der Waals surface area contributed by atoms with E-state index in [4.69, 9.17) is 4.98 Å². The number of rotatable bonds is 3. The molecule has 0 bridgehead atoms. The van der Waals surface area contributed by atoms with Gasteiger partial charge >= 0.3 is 0 Å². The summed E-state index contributed by atoms with van der Waals surface area (Å²) in [6, 6.07) is 26.8. The molecule has 0 saturated heterocycles. The maximum atomic E-state index is 4.69. The first-order valence-corrected chi connectivity index (χ1v) is 8.35. The average molecular weight is 322 g/mol. The minimum atomic E-state index is 0.963.